The van der Waals surface area contributed by atoms with Crippen molar-refractivity contribution >= 4 is 11.3 Å². The summed E-state index contributed by atoms with van der Waals surface area (Å²) in [5.74, 6) is 1.63. The van der Waals surface area contributed by atoms with Crippen molar-refractivity contribution < 1.29 is 0 Å². The molecule has 0 aromatic carbocycles. The van der Waals surface area contributed by atoms with E-state index in [1.165, 1.54) is 0 Å². The molecular weight excluding hydrogens is 234 g/mol. The van der Waals surface area contributed by atoms with Crippen molar-refractivity contribution in [1.29, 1.82) is 0 Å². The molecule has 5 nitrogen and oxygen atoms in total. The quantitative estimate of drug-likeness (QED) is 0.882. The number of thiazole rings is 1. The van der Waals surface area contributed by atoms with Gasteiger partial charge >= 0.3 is 0 Å². The second-order valence-electron chi connectivity index (χ2n) is 4.96. The minimum absolute atomic E-state index is 0.0528. The Labute approximate surface area is 105 Å². The highest BCUT2D eigenvalue weighted by Crippen LogP contribution is 2.24. The Morgan fingerprint density at radius 2 is 2.06 bits per heavy atom. The molecule has 0 aliphatic heterocycles. The van der Waals surface area contributed by atoms with E-state index in [-0.39, 0.29) is 5.41 Å². The molecule has 0 fully saturated rings. The van der Waals surface area contributed by atoms with Crippen LogP contribution in [0.1, 0.15) is 31.6 Å². The third-order valence-corrected chi connectivity index (χ3v) is 3.26. The lowest BCUT2D eigenvalue weighted by molar-refractivity contribution is 0.538. The van der Waals surface area contributed by atoms with E-state index in [0.29, 0.717) is 6.54 Å². The SMILES string of the molecule is Cn1nc(C(C)(C)C)nc1-c1csc(CN)n1. The van der Waals surface area contributed by atoms with E-state index in [2.05, 4.69) is 35.8 Å². The minimum atomic E-state index is -0.0528. The first kappa shape index (κ1) is 12.2. The predicted octanol–water partition coefficient (Wildman–Crippen LogP) is 1.69. The van der Waals surface area contributed by atoms with Crippen molar-refractivity contribution in [3.8, 4) is 11.5 Å². The van der Waals surface area contributed by atoms with Crippen LogP contribution in [0, 0.1) is 0 Å². The highest BCUT2D eigenvalue weighted by atomic mass is 32.1. The van der Waals surface area contributed by atoms with E-state index in [4.69, 9.17) is 5.73 Å². The Morgan fingerprint density at radius 3 is 2.53 bits per heavy atom. The Morgan fingerprint density at radius 1 is 1.35 bits per heavy atom. The molecule has 2 aromatic rings. The monoisotopic (exact) mass is 251 g/mol. The molecule has 2 rings (SSSR count). The first-order valence-corrected chi connectivity index (χ1v) is 6.36. The van der Waals surface area contributed by atoms with Gasteiger partial charge in [0.15, 0.2) is 11.6 Å². The van der Waals surface area contributed by atoms with Crippen molar-refractivity contribution in [3.05, 3.63) is 16.2 Å². The molecule has 0 saturated carbocycles. The van der Waals surface area contributed by atoms with Gasteiger partial charge in [-0.2, -0.15) is 5.10 Å². The van der Waals surface area contributed by atoms with Gasteiger partial charge in [-0.3, -0.25) is 0 Å². The summed E-state index contributed by atoms with van der Waals surface area (Å²) in [6, 6.07) is 0. The Hall–Kier alpha value is -1.27. The molecule has 6 heteroatoms. The molecule has 92 valence electrons. The van der Waals surface area contributed by atoms with Crippen LogP contribution in [0.4, 0.5) is 0 Å². The summed E-state index contributed by atoms with van der Waals surface area (Å²) in [5.41, 5.74) is 6.35. The van der Waals surface area contributed by atoms with Gasteiger partial charge in [-0.05, 0) is 0 Å². The molecule has 0 atom stereocenters. The molecule has 0 saturated heterocycles. The van der Waals surface area contributed by atoms with Crippen molar-refractivity contribution in [3.63, 3.8) is 0 Å². The van der Waals surface area contributed by atoms with Crippen LogP contribution in [-0.2, 0) is 19.0 Å². The van der Waals surface area contributed by atoms with E-state index >= 15 is 0 Å². The van der Waals surface area contributed by atoms with Gasteiger partial charge in [0, 0.05) is 24.4 Å². The molecule has 2 aromatic heterocycles. The third-order valence-electron chi connectivity index (χ3n) is 2.39. The van der Waals surface area contributed by atoms with Crippen LogP contribution in [0.5, 0.6) is 0 Å². The number of nitrogens with two attached hydrogens (primary N) is 1. The molecule has 0 bridgehead atoms. The van der Waals surface area contributed by atoms with Gasteiger partial charge in [0.25, 0.3) is 0 Å². The molecule has 0 aliphatic rings. The summed E-state index contributed by atoms with van der Waals surface area (Å²) in [6.07, 6.45) is 0. The fourth-order valence-corrected chi connectivity index (χ4v) is 2.09. The molecule has 0 aliphatic carbocycles. The van der Waals surface area contributed by atoms with E-state index in [9.17, 15) is 0 Å². The normalized spacial score (nSPS) is 12.1. The summed E-state index contributed by atoms with van der Waals surface area (Å²) >= 11 is 1.55. The highest BCUT2D eigenvalue weighted by Gasteiger charge is 2.22. The molecule has 0 unspecified atom stereocenters. The van der Waals surface area contributed by atoms with E-state index in [1.807, 2.05) is 12.4 Å². The van der Waals surface area contributed by atoms with Crippen LogP contribution >= 0.6 is 11.3 Å². The number of nitrogens with zero attached hydrogens (tertiary/aromatic N) is 4. The first-order valence-electron chi connectivity index (χ1n) is 5.48. The standard InChI is InChI=1S/C11H17N5S/c1-11(2,3)10-14-9(16(4)15-10)7-6-17-8(5-12)13-7/h6H,5,12H2,1-4H3. The Kier molecular flexibility index (Phi) is 3.01. The van der Waals surface area contributed by atoms with Crippen LogP contribution in [0.15, 0.2) is 5.38 Å². The molecule has 0 radical (unpaired) electrons. The lowest BCUT2D eigenvalue weighted by atomic mass is 9.96. The van der Waals surface area contributed by atoms with E-state index < -0.39 is 0 Å². The van der Waals surface area contributed by atoms with Crippen molar-refractivity contribution in [2.75, 3.05) is 0 Å². The number of hydrogen-bond donors (Lipinski definition) is 1. The van der Waals surface area contributed by atoms with Crippen LogP contribution in [0.2, 0.25) is 0 Å². The van der Waals surface area contributed by atoms with Crippen LogP contribution in [0.3, 0.4) is 0 Å². The minimum Gasteiger partial charge on any atom is -0.325 e. The van der Waals surface area contributed by atoms with Crippen LogP contribution in [0.25, 0.3) is 11.5 Å². The van der Waals surface area contributed by atoms with Crippen molar-refractivity contribution in [2.45, 2.75) is 32.7 Å². The molecular formula is C11H17N5S. The second-order valence-corrected chi connectivity index (χ2v) is 5.91. The molecule has 17 heavy (non-hydrogen) atoms. The predicted molar refractivity (Wildman–Crippen MR) is 68.7 cm³/mol. The fourth-order valence-electron chi connectivity index (χ4n) is 1.43. The van der Waals surface area contributed by atoms with E-state index in [0.717, 1.165) is 22.4 Å². The molecule has 0 amide bonds. The van der Waals surface area contributed by atoms with Crippen LogP contribution < -0.4 is 5.73 Å². The lowest BCUT2D eigenvalue weighted by Gasteiger charge is -2.11. The van der Waals surface area contributed by atoms with Gasteiger partial charge in [0.05, 0.1) is 0 Å². The summed E-state index contributed by atoms with van der Waals surface area (Å²) in [6.45, 7) is 6.75. The molecule has 2 N–H and O–H groups in total. The average molecular weight is 251 g/mol. The summed E-state index contributed by atoms with van der Waals surface area (Å²) in [7, 11) is 1.89. The number of hydrogen-bond acceptors (Lipinski definition) is 5. The summed E-state index contributed by atoms with van der Waals surface area (Å²) in [4.78, 5) is 8.98. The number of aromatic nitrogens is 4. The smallest absolute Gasteiger partial charge is 0.177 e. The summed E-state index contributed by atoms with van der Waals surface area (Å²) in [5, 5.41) is 7.32. The highest BCUT2D eigenvalue weighted by molar-refractivity contribution is 7.09. The van der Waals surface area contributed by atoms with E-state index in [1.54, 1.807) is 16.0 Å². The maximum atomic E-state index is 5.56. The number of aryl methyl sites for hydroxylation is 1. The molecule has 0 spiro atoms. The topological polar surface area (TPSA) is 69.6 Å². The van der Waals surface area contributed by atoms with Gasteiger partial charge in [-0.15, -0.1) is 11.3 Å². The van der Waals surface area contributed by atoms with Gasteiger partial charge in [-0.1, -0.05) is 20.8 Å². The first-order chi connectivity index (χ1) is 7.91. The maximum Gasteiger partial charge on any atom is 0.177 e. The van der Waals surface area contributed by atoms with Gasteiger partial charge in [0.1, 0.15) is 10.7 Å². The Balaban J connectivity index is 2.42. The zero-order valence-corrected chi connectivity index (χ0v) is 11.4. The zero-order valence-electron chi connectivity index (χ0n) is 10.6. The van der Waals surface area contributed by atoms with Crippen molar-refractivity contribution in [1.82, 2.24) is 19.7 Å². The average Bonchev–Trinajstić information content (AvgIpc) is 2.82. The Bertz CT molecular complexity index is 520. The fraction of sp³-hybridized carbons (Fsp3) is 0.545. The van der Waals surface area contributed by atoms with Crippen LogP contribution in [-0.4, -0.2) is 19.7 Å². The zero-order chi connectivity index (χ0) is 12.6. The third kappa shape index (κ3) is 2.37. The summed E-state index contributed by atoms with van der Waals surface area (Å²) < 4.78 is 1.77. The maximum absolute atomic E-state index is 5.56. The second kappa shape index (κ2) is 4.19. The van der Waals surface area contributed by atoms with Gasteiger partial charge in [-0.25, -0.2) is 14.6 Å². The largest absolute Gasteiger partial charge is 0.325 e. The lowest BCUT2D eigenvalue weighted by Crippen LogP contribution is -2.13. The van der Waals surface area contributed by atoms with Gasteiger partial charge in [0.2, 0.25) is 0 Å². The van der Waals surface area contributed by atoms with Crippen molar-refractivity contribution in [2.24, 2.45) is 12.8 Å². The molecule has 2 heterocycles. The number of rotatable bonds is 2. The van der Waals surface area contributed by atoms with Gasteiger partial charge < -0.3 is 5.73 Å².